The number of esters is 1. The van der Waals surface area contributed by atoms with Crippen molar-refractivity contribution in [3.8, 4) is 11.1 Å². The van der Waals surface area contributed by atoms with Crippen LogP contribution in [0.5, 0.6) is 0 Å². The summed E-state index contributed by atoms with van der Waals surface area (Å²) in [6, 6.07) is 2.18. The van der Waals surface area contributed by atoms with Gasteiger partial charge in [-0.2, -0.15) is 10.2 Å². The van der Waals surface area contributed by atoms with E-state index in [1.165, 1.54) is 25.7 Å². The SMILES string of the molecule is CC(C)(C)C(=O)OCn1ccc2c(-c3cnn([C@H](CCO)C4CCCC4)c3)cnnc21. The normalized spacial score (nSPS) is 16.1. The Morgan fingerprint density at radius 3 is 2.77 bits per heavy atom. The second-order valence-corrected chi connectivity index (χ2v) is 9.43. The van der Waals surface area contributed by atoms with E-state index in [9.17, 15) is 9.90 Å². The number of nitrogens with zero attached hydrogens (tertiary/aromatic N) is 5. The van der Waals surface area contributed by atoms with Crippen LogP contribution in [0.4, 0.5) is 0 Å². The lowest BCUT2D eigenvalue weighted by molar-refractivity contribution is -0.156. The first-order valence-corrected chi connectivity index (χ1v) is 11.0. The van der Waals surface area contributed by atoms with Crippen LogP contribution in [0.25, 0.3) is 22.2 Å². The first kappa shape index (κ1) is 21.5. The van der Waals surface area contributed by atoms with Crippen molar-refractivity contribution in [2.45, 2.75) is 65.6 Å². The van der Waals surface area contributed by atoms with Gasteiger partial charge < -0.3 is 9.84 Å². The molecule has 1 aliphatic carbocycles. The number of aromatic nitrogens is 5. The molecule has 8 heteroatoms. The molecule has 0 aromatic carbocycles. The van der Waals surface area contributed by atoms with Gasteiger partial charge >= 0.3 is 5.97 Å². The van der Waals surface area contributed by atoms with Gasteiger partial charge in [0.05, 0.1) is 23.9 Å². The van der Waals surface area contributed by atoms with Gasteiger partial charge in [-0.15, -0.1) is 5.10 Å². The summed E-state index contributed by atoms with van der Waals surface area (Å²) in [5.74, 6) is 0.302. The van der Waals surface area contributed by atoms with Crippen LogP contribution < -0.4 is 0 Å². The van der Waals surface area contributed by atoms with Crippen LogP contribution in [0.3, 0.4) is 0 Å². The van der Waals surface area contributed by atoms with Gasteiger partial charge in [0, 0.05) is 35.5 Å². The number of aliphatic hydroxyl groups excluding tert-OH is 1. The van der Waals surface area contributed by atoms with Crippen molar-refractivity contribution in [1.82, 2.24) is 24.5 Å². The molecule has 1 aliphatic rings. The Morgan fingerprint density at radius 1 is 1.29 bits per heavy atom. The lowest BCUT2D eigenvalue weighted by Gasteiger charge is -2.23. The Balaban J connectivity index is 1.59. The molecule has 3 aromatic rings. The van der Waals surface area contributed by atoms with E-state index in [4.69, 9.17) is 4.74 Å². The van der Waals surface area contributed by atoms with Gasteiger partial charge in [-0.3, -0.25) is 14.0 Å². The molecule has 0 radical (unpaired) electrons. The number of carbonyl (C=O) groups is 1. The van der Waals surface area contributed by atoms with Crippen LogP contribution in [-0.4, -0.2) is 42.2 Å². The zero-order valence-corrected chi connectivity index (χ0v) is 18.5. The predicted molar refractivity (Wildman–Crippen MR) is 117 cm³/mol. The highest BCUT2D eigenvalue weighted by Gasteiger charge is 2.27. The number of hydrogen-bond acceptors (Lipinski definition) is 6. The predicted octanol–water partition coefficient (Wildman–Crippen LogP) is 3.96. The second-order valence-electron chi connectivity index (χ2n) is 9.43. The second kappa shape index (κ2) is 8.78. The minimum Gasteiger partial charge on any atom is -0.443 e. The molecule has 31 heavy (non-hydrogen) atoms. The number of aliphatic hydroxyl groups is 1. The standard InChI is InChI=1S/C23H31N5O3/c1-23(2,3)22(30)31-15-27-10-8-18-19(13-24-26-21(18)27)17-12-25-28(14-17)20(9-11-29)16-6-4-5-7-16/h8,10,12-14,16,20,29H,4-7,9,11,15H2,1-3H3/t20-/m1/s1. The maximum atomic E-state index is 12.1. The average molecular weight is 426 g/mol. The molecule has 3 heterocycles. The van der Waals surface area contributed by atoms with Crippen LogP contribution >= 0.6 is 0 Å². The van der Waals surface area contributed by atoms with Crippen LogP contribution in [0.2, 0.25) is 0 Å². The maximum Gasteiger partial charge on any atom is 0.312 e. The van der Waals surface area contributed by atoms with Gasteiger partial charge in [0.2, 0.25) is 0 Å². The third-order valence-electron chi connectivity index (χ3n) is 6.13. The summed E-state index contributed by atoms with van der Waals surface area (Å²) < 4.78 is 9.23. The Hall–Kier alpha value is -2.74. The van der Waals surface area contributed by atoms with Crippen LogP contribution in [-0.2, 0) is 16.3 Å². The van der Waals surface area contributed by atoms with Gasteiger partial charge in [0.25, 0.3) is 0 Å². The molecule has 1 fully saturated rings. The van der Waals surface area contributed by atoms with E-state index in [-0.39, 0.29) is 25.3 Å². The fraction of sp³-hybridized carbons (Fsp3) is 0.565. The van der Waals surface area contributed by atoms with Crippen LogP contribution in [0.15, 0.2) is 30.9 Å². The molecule has 8 nitrogen and oxygen atoms in total. The van der Waals surface area contributed by atoms with Gasteiger partial charge in [-0.25, -0.2) is 0 Å². The van der Waals surface area contributed by atoms with Gasteiger partial charge in [0.15, 0.2) is 12.4 Å². The number of rotatable bonds is 7. The molecule has 4 rings (SSSR count). The number of hydrogen-bond donors (Lipinski definition) is 1. The van der Waals surface area contributed by atoms with Crippen molar-refractivity contribution in [1.29, 1.82) is 0 Å². The average Bonchev–Trinajstić information content (AvgIpc) is 3.50. The summed E-state index contributed by atoms with van der Waals surface area (Å²) in [4.78, 5) is 12.1. The molecule has 0 amide bonds. The molecule has 1 atom stereocenters. The van der Waals surface area contributed by atoms with E-state index in [0.717, 1.165) is 16.5 Å². The monoisotopic (exact) mass is 425 g/mol. The quantitative estimate of drug-likeness (QED) is 0.576. The molecular formula is C23H31N5O3. The maximum absolute atomic E-state index is 12.1. The number of carbonyl (C=O) groups excluding carboxylic acids is 1. The third-order valence-corrected chi connectivity index (χ3v) is 6.13. The fourth-order valence-corrected chi connectivity index (χ4v) is 4.39. The van der Waals surface area contributed by atoms with Crippen molar-refractivity contribution in [2.75, 3.05) is 6.61 Å². The topological polar surface area (TPSA) is 95.1 Å². The minimum absolute atomic E-state index is 0.0945. The van der Waals surface area contributed by atoms with E-state index in [2.05, 4.69) is 15.3 Å². The lowest BCUT2D eigenvalue weighted by atomic mass is 9.96. The molecular weight excluding hydrogens is 394 g/mol. The molecule has 1 N–H and O–H groups in total. The molecule has 0 aliphatic heterocycles. The number of ether oxygens (including phenoxy) is 1. The van der Waals surface area contributed by atoms with Crippen LogP contribution in [0.1, 0.15) is 58.9 Å². The van der Waals surface area contributed by atoms with Gasteiger partial charge in [-0.05, 0) is 52.0 Å². The van der Waals surface area contributed by atoms with Gasteiger partial charge in [0.1, 0.15) is 0 Å². The molecule has 0 bridgehead atoms. The first-order valence-electron chi connectivity index (χ1n) is 11.0. The highest BCUT2D eigenvalue weighted by molar-refractivity contribution is 5.92. The molecule has 0 saturated heterocycles. The van der Waals surface area contributed by atoms with Crippen molar-refractivity contribution < 1.29 is 14.6 Å². The lowest BCUT2D eigenvalue weighted by Crippen LogP contribution is -2.23. The summed E-state index contributed by atoms with van der Waals surface area (Å²) in [6.45, 7) is 5.74. The summed E-state index contributed by atoms with van der Waals surface area (Å²) in [7, 11) is 0. The highest BCUT2D eigenvalue weighted by Crippen LogP contribution is 2.37. The fourth-order valence-electron chi connectivity index (χ4n) is 4.39. The zero-order chi connectivity index (χ0) is 22.0. The van der Waals surface area contributed by atoms with E-state index < -0.39 is 5.41 Å². The smallest absolute Gasteiger partial charge is 0.312 e. The Labute approximate surface area is 182 Å². The number of fused-ring (bicyclic) bond motifs is 1. The van der Waals surface area contributed by atoms with Gasteiger partial charge in [-0.1, -0.05) is 12.8 Å². The molecule has 166 valence electrons. The summed E-state index contributed by atoms with van der Waals surface area (Å²) >= 11 is 0. The summed E-state index contributed by atoms with van der Waals surface area (Å²) in [6.07, 6.45) is 13.1. The van der Waals surface area contributed by atoms with Crippen molar-refractivity contribution in [2.24, 2.45) is 11.3 Å². The molecule has 0 unspecified atom stereocenters. The van der Waals surface area contributed by atoms with Crippen molar-refractivity contribution >= 4 is 17.0 Å². The minimum atomic E-state index is -0.557. The van der Waals surface area contributed by atoms with Crippen molar-refractivity contribution in [3.63, 3.8) is 0 Å². The van der Waals surface area contributed by atoms with Crippen molar-refractivity contribution in [3.05, 3.63) is 30.9 Å². The van der Waals surface area contributed by atoms with Crippen LogP contribution in [0, 0.1) is 11.3 Å². The highest BCUT2D eigenvalue weighted by atomic mass is 16.5. The zero-order valence-electron chi connectivity index (χ0n) is 18.5. The molecule has 1 saturated carbocycles. The van der Waals surface area contributed by atoms with E-state index in [1.54, 1.807) is 10.8 Å². The molecule has 0 spiro atoms. The molecule has 3 aromatic heterocycles. The van der Waals surface area contributed by atoms with E-state index >= 15 is 0 Å². The largest absolute Gasteiger partial charge is 0.443 e. The Kier molecular flexibility index (Phi) is 6.09. The summed E-state index contributed by atoms with van der Waals surface area (Å²) in [5, 5.41) is 23.6. The van der Waals surface area contributed by atoms with E-state index in [1.807, 2.05) is 50.1 Å². The van der Waals surface area contributed by atoms with E-state index in [0.29, 0.717) is 18.0 Å². The third kappa shape index (κ3) is 4.49. The summed E-state index contributed by atoms with van der Waals surface area (Å²) in [5.41, 5.74) is 2.00. The first-order chi connectivity index (χ1) is 14.9. The Morgan fingerprint density at radius 2 is 2.06 bits per heavy atom. The Bertz CT molecular complexity index is 1040.